The third kappa shape index (κ3) is 3.59. The fraction of sp³-hybridized carbons (Fsp3) is 0.800. The van der Waals surface area contributed by atoms with E-state index in [1.54, 1.807) is 13.3 Å². The molecule has 0 saturated carbocycles. The van der Waals surface area contributed by atoms with Crippen LogP contribution in [-0.2, 0) is 11.3 Å². The molecule has 0 bridgehead atoms. The summed E-state index contributed by atoms with van der Waals surface area (Å²) in [6.45, 7) is 7.87. The average Bonchev–Trinajstić information content (AvgIpc) is 2.86. The molecule has 1 saturated heterocycles. The zero-order valence-corrected chi connectivity index (χ0v) is 14.1. The molecule has 0 spiro atoms. The lowest BCUT2D eigenvalue weighted by Gasteiger charge is -2.44. The minimum atomic E-state index is -0.178. The molecule has 21 heavy (non-hydrogen) atoms. The van der Waals surface area contributed by atoms with Gasteiger partial charge < -0.3 is 10.5 Å². The molecule has 1 aromatic heterocycles. The van der Waals surface area contributed by atoms with Gasteiger partial charge in [-0.15, -0.1) is 0 Å². The topological polar surface area (TPSA) is 56.3 Å². The highest BCUT2D eigenvalue weighted by Crippen LogP contribution is 2.34. The Hall–Kier alpha value is -0.620. The standard InChI is InChI=1S/C15H27ClN4O/c1-15(2,19-7-5-4-6-8-19)14(17)13-12(16)11-18-20(13)9-10-21-3/h11,14H,4-10,17H2,1-3H3. The molecule has 1 aromatic rings. The molecular weight excluding hydrogens is 288 g/mol. The molecule has 1 fully saturated rings. The highest BCUT2D eigenvalue weighted by atomic mass is 35.5. The molecule has 2 N–H and O–H groups in total. The zero-order valence-electron chi connectivity index (χ0n) is 13.3. The molecule has 120 valence electrons. The molecule has 0 aliphatic carbocycles. The number of nitrogens with two attached hydrogens (primary N) is 1. The first-order valence-electron chi connectivity index (χ1n) is 7.69. The van der Waals surface area contributed by atoms with Crippen LogP contribution in [0.4, 0.5) is 0 Å². The molecule has 1 aliphatic rings. The number of ether oxygens (including phenoxy) is 1. The van der Waals surface area contributed by atoms with Gasteiger partial charge in [-0.3, -0.25) is 9.58 Å². The van der Waals surface area contributed by atoms with Crippen molar-refractivity contribution in [3.05, 3.63) is 16.9 Å². The average molecular weight is 315 g/mol. The lowest BCUT2D eigenvalue weighted by molar-refractivity contribution is 0.0698. The lowest BCUT2D eigenvalue weighted by Crippen LogP contribution is -2.53. The van der Waals surface area contributed by atoms with E-state index in [9.17, 15) is 0 Å². The van der Waals surface area contributed by atoms with Crippen LogP contribution in [0.2, 0.25) is 5.02 Å². The van der Waals surface area contributed by atoms with Crippen molar-refractivity contribution in [3.8, 4) is 0 Å². The van der Waals surface area contributed by atoms with E-state index in [1.165, 1.54) is 19.3 Å². The number of nitrogens with zero attached hydrogens (tertiary/aromatic N) is 3. The quantitative estimate of drug-likeness (QED) is 0.876. The molecule has 1 atom stereocenters. The maximum Gasteiger partial charge on any atom is 0.0834 e. The van der Waals surface area contributed by atoms with Crippen LogP contribution >= 0.6 is 11.6 Å². The van der Waals surface area contributed by atoms with Crippen molar-refractivity contribution in [3.63, 3.8) is 0 Å². The largest absolute Gasteiger partial charge is 0.383 e. The summed E-state index contributed by atoms with van der Waals surface area (Å²) in [6.07, 6.45) is 5.48. The van der Waals surface area contributed by atoms with Gasteiger partial charge in [0.1, 0.15) is 0 Å². The van der Waals surface area contributed by atoms with Gasteiger partial charge in [0.05, 0.1) is 36.1 Å². The summed E-state index contributed by atoms with van der Waals surface area (Å²) in [5.41, 5.74) is 7.36. The van der Waals surface area contributed by atoms with Gasteiger partial charge in [-0.05, 0) is 39.8 Å². The smallest absolute Gasteiger partial charge is 0.0834 e. The fourth-order valence-corrected chi connectivity index (χ4v) is 3.30. The summed E-state index contributed by atoms with van der Waals surface area (Å²) < 4.78 is 7.01. The molecule has 0 aromatic carbocycles. The number of hydrogen-bond donors (Lipinski definition) is 1. The number of hydrogen-bond acceptors (Lipinski definition) is 4. The van der Waals surface area contributed by atoms with Crippen molar-refractivity contribution in [2.75, 3.05) is 26.8 Å². The molecule has 2 rings (SSSR count). The van der Waals surface area contributed by atoms with Crippen molar-refractivity contribution >= 4 is 11.6 Å². The maximum absolute atomic E-state index is 6.59. The second kappa shape index (κ2) is 7.09. The number of rotatable bonds is 6. The van der Waals surface area contributed by atoms with Crippen molar-refractivity contribution in [2.45, 2.75) is 51.2 Å². The molecule has 1 aliphatic heterocycles. The van der Waals surface area contributed by atoms with Gasteiger partial charge in [0.25, 0.3) is 0 Å². The Morgan fingerprint density at radius 2 is 2.05 bits per heavy atom. The van der Waals surface area contributed by atoms with Crippen molar-refractivity contribution in [1.29, 1.82) is 0 Å². The normalized spacial score (nSPS) is 18.9. The van der Waals surface area contributed by atoms with Crippen LogP contribution in [0.15, 0.2) is 6.20 Å². The van der Waals surface area contributed by atoms with E-state index in [1.807, 2.05) is 4.68 Å². The Labute approximate surface area is 132 Å². The third-order valence-electron chi connectivity index (χ3n) is 4.57. The van der Waals surface area contributed by atoms with E-state index < -0.39 is 0 Å². The van der Waals surface area contributed by atoms with Crippen LogP contribution in [0.25, 0.3) is 0 Å². The highest BCUT2D eigenvalue weighted by molar-refractivity contribution is 6.31. The number of aromatic nitrogens is 2. The Morgan fingerprint density at radius 1 is 1.38 bits per heavy atom. The van der Waals surface area contributed by atoms with E-state index >= 15 is 0 Å². The lowest BCUT2D eigenvalue weighted by atomic mass is 9.88. The van der Waals surface area contributed by atoms with Crippen LogP contribution in [0.1, 0.15) is 44.8 Å². The van der Waals surface area contributed by atoms with Gasteiger partial charge in [-0.25, -0.2) is 0 Å². The Bertz CT molecular complexity index is 455. The maximum atomic E-state index is 6.59. The van der Waals surface area contributed by atoms with Gasteiger partial charge in [0.15, 0.2) is 0 Å². The van der Waals surface area contributed by atoms with Crippen LogP contribution in [0.3, 0.4) is 0 Å². The molecule has 1 unspecified atom stereocenters. The monoisotopic (exact) mass is 314 g/mol. The SMILES string of the molecule is COCCn1ncc(Cl)c1C(N)C(C)(C)N1CCCCC1. The van der Waals surface area contributed by atoms with Crippen LogP contribution in [-0.4, -0.2) is 47.0 Å². The van der Waals surface area contributed by atoms with Crippen molar-refractivity contribution < 1.29 is 4.74 Å². The number of piperidine rings is 1. The van der Waals surface area contributed by atoms with E-state index in [0.717, 1.165) is 18.8 Å². The highest BCUT2D eigenvalue weighted by Gasteiger charge is 2.37. The van der Waals surface area contributed by atoms with Crippen LogP contribution < -0.4 is 5.73 Å². The number of halogens is 1. The first-order valence-corrected chi connectivity index (χ1v) is 8.07. The zero-order chi connectivity index (χ0) is 15.5. The van der Waals surface area contributed by atoms with E-state index in [4.69, 9.17) is 22.1 Å². The summed E-state index contributed by atoms with van der Waals surface area (Å²) in [6, 6.07) is -0.178. The second-order valence-corrected chi connectivity index (χ2v) is 6.68. The van der Waals surface area contributed by atoms with Crippen molar-refractivity contribution in [2.24, 2.45) is 5.73 Å². The van der Waals surface area contributed by atoms with E-state index in [-0.39, 0.29) is 11.6 Å². The fourth-order valence-electron chi connectivity index (χ4n) is 3.04. The first-order chi connectivity index (χ1) is 9.98. The summed E-state index contributed by atoms with van der Waals surface area (Å²) in [7, 11) is 1.68. The van der Waals surface area contributed by atoms with Gasteiger partial charge in [-0.2, -0.15) is 5.10 Å². The second-order valence-electron chi connectivity index (χ2n) is 6.27. The predicted molar refractivity (Wildman–Crippen MR) is 85.5 cm³/mol. The number of likely N-dealkylation sites (tertiary alicyclic amines) is 1. The molecule has 2 heterocycles. The Morgan fingerprint density at radius 3 is 2.67 bits per heavy atom. The molecule has 6 heteroatoms. The van der Waals surface area contributed by atoms with Crippen molar-refractivity contribution in [1.82, 2.24) is 14.7 Å². The van der Waals surface area contributed by atoms with Gasteiger partial charge in [0, 0.05) is 12.6 Å². The van der Waals surface area contributed by atoms with Crippen LogP contribution in [0, 0.1) is 0 Å². The molecule has 0 amide bonds. The Kier molecular flexibility index (Phi) is 5.66. The summed E-state index contributed by atoms with van der Waals surface area (Å²) in [5.74, 6) is 0. The number of methoxy groups -OCH3 is 1. The van der Waals surface area contributed by atoms with Gasteiger partial charge >= 0.3 is 0 Å². The minimum absolute atomic E-state index is 0.144. The third-order valence-corrected chi connectivity index (χ3v) is 4.86. The van der Waals surface area contributed by atoms with E-state index in [2.05, 4.69) is 23.8 Å². The summed E-state index contributed by atoms with van der Waals surface area (Å²) in [5, 5.41) is 4.98. The Balaban J connectivity index is 2.21. The summed E-state index contributed by atoms with van der Waals surface area (Å²) in [4.78, 5) is 2.48. The molecule has 5 nitrogen and oxygen atoms in total. The van der Waals surface area contributed by atoms with Gasteiger partial charge in [0.2, 0.25) is 0 Å². The van der Waals surface area contributed by atoms with Crippen LogP contribution in [0.5, 0.6) is 0 Å². The minimum Gasteiger partial charge on any atom is -0.383 e. The first kappa shape index (κ1) is 16.7. The summed E-state index contributed by atoms with van der Waals surface area (Å²) >= 11 is 6.34. The molecular formula is C15H27ClN4O. The molecule has 0 radical (unpaired) electrons. The van der Waals surface area contributed by atoms with E-state index in [0.29, 0.717) is 18.2 Å². The van der Waals surface area contributed by atoms with Gasteiger partial charge in [-0.1, -0.05) is 18.0 Å². The predicted octanol–water partition coefficient (Wildman–Crippen LogP) is 2.45.